The molecule has 0 spiro atoms. The van der Waals surface area contributed by atoms with E-state index in [0.29, 0.717) is 12.2 Å². The maximum absolute atomic E-state index is 11.6. The van der Waals surface area contributed by atoms with Gasteiger partial charge in [-0.05, 0) is 24.1 Å². The second kappa shape index (κ2) is 7.07. The van der Waals surface area contributed by atoms with Crippen LogP contribution in [0.25, 0.3) is 0 Å². The number of hydrogen-bond donors (Lipinski definition) is 1. The monoisotopic (exact) mass is 236 g/mol. The van der Waals surface area contributed by atoms with Crippen molar-refractivity contribution in [3.8, 4) is 0 Å². The zero-order chi connectivity index (χ0) is 12.7. The lowest BCUT2D eigenvalue weighted by Crippen LogP contribution is -2.07. The van der Waals surface area contributed by atoms with Gasteiger partial charge in [0.2, 0.25) is 0 Å². The minimum Gasteiger partial charge on any atom is -0.462 e. The van der Waals surface area contributed by atoms with Gasteiger partial charge >= 0.3 is 5.97 Å². The fraction of sp³-hybridized carbons (Fsp3) is 0.500. The molecule has 1 unspecified atom stereocenters. The molecule has 3 heteroatoms. The minimum absolute atomic E-state index is 0.0974. The summed E-state index contributed by atoms with van der Waals surface area (Å²) in [7, 11) is 0. The summed E-state index contributed by atoms with van der Waals surface area (Å²) in [5.74, 6) is -0.179. The number of benzene rings is 1. The molecule has 1 atom stereocenters. The summed E-state index contributed by atoms with van der Waals surface area (Å²) in [5, 5.41) is 9.02. The van der Waals surface area contributed by atoms with E-state index in [4.69, 9.17) is 9.84 Å². The maximum Gasteiger partial charge on any atom is 0.338 e. The SMILES string of the molecule is CCCCOC(=O)c1ccc(C(C)CO)cc1. The molecule has 0 aromatic heterocycles. The Labute approximate surface area is 102 Å². The van der Waals surface area contributed by atoms with Gasteiger partial charge in [-0.3, -0.25) is 0 Å². The molecule has 0 aliphatic heterocycles. The number of aliphatic hydroxyl groups is 1. The predicted octanol–water partition coefficient (Wildman–Crippen LogP) is 2.74. The summed E-state index contributed by atoms with van der Waals surface area (Å²) in [6.45, 7) is 4.58. The molecule has 1 N–H and O–H groups in total. The Bertz CT molecular complexity index is 343. The number of aliphatic hydroxyl groups excluding tert-OH is 1. The largest absolute Gasteiger partial charge is 0.462 e. The van der Waals surface area contributed by atoms with E-state index in [9.17, 15) is 4.79 Å². The van der Waals surface area contributed by atoms with Gasteiger partial charge in [-0.15, -0.1) is 0 Å². The molecular formula is C14H20O3. The van der Waals surface area contributed by atoms with Gasteiger partial charge in [-0.1, -0.05) is 32.4 Å². The van der Waals surface area contributed by atoms with Crippen LogP contribution in [0.3, 0.4) is 0 Å². The van der Waals surface area contributed by atoms with E-state index in [0.717, 1.165) is 18.4 Å². The molecule has 0 heterocycles. The van der Waals surface area contributed by atoms with Crippen molar-refractivity contribution in [3.05, 3.63) is 35.4 Å². The predicted molar refractivity (Wildman–Crippen MR) is 67.1 cm³/mol. The summed E-state index contributed by atoms with van der Waals surface area (Å²) < 4.78 is 5.11. The molecule has 0 saturated heterocycles. The molecule has 0 bridgehead atoms. The molecule has 17 heavy (non-hydrogen) atoms. The number of carbonyl (C=O) groups excluding carboxylic acids is 1. The summed E-state index contributed by atoms with van der Waals surface area (Å²) in [6, 6.07) is 7.21. The smallest absolute Gasteiger partial charge is 0.338 e. The van der Waals surface area contributed by atoms with Crippen molar-refractivity contribution in [1.29, 1.82) is 0 Å². The Hall–Kier alpha value is -1.35. The van der Waals surface area contributed by atoms with Crippen LogP contribution in [-0.2, 0) is 4.74 Å². The third-order valence-electron chi connectivity index (χ3n) is 2.72. The molecule has 1 aromatic rings. The van der Waals surface area contributed by atoms with Crippen LogP contribution in [0.15, 0.2) is 24.3 Å². The first kappa shape index (κ1) is 13.7. The van der Waals surface area contributed by atoms with Gasteiger partial charge in [-0.2, -0.15) is 0 Å². The lowest BCUT2D eigenvalue weighted by Gasteiger charge is -2.09. The van der Waals surface area contributed by atoms with Gasteiger partial charge in [0.25, 0.3) is 0 Å². The zero-order valence-electron chi connectivity index (χ0n) is 10.5. The van der Waals surface area contributed by atoms with Crippen molar-refractivity contribution >= 4 is 5.97 Å². The molecule has 0 saturated carbocycles. The van der Waals surface area contributed by atoms with Crippen molar-refractivity contribution in [2.75, 3.05) is 13.2 Å². The summed E-state index contributed by atoms with van der Waals surface area (Å²) in [4.78, 5) is 11.6. The van der Waals surface area contributed by atoms with E-state index in [2.05, 4.69) is 6.92 Å². The number of carbonyl (C=O) groups is 1. The molecule has 0 amide bonds. The van der Waals surface area contributed by atoms with Crippen LogP contribution in [0, 0.1) is 0 Å². The molecule has 1 rings (SSSR count). The highest BCUT2D eigenvalue weighted by Crippen LogP contribution is 2.15. The van der Waals surface area contributed by atoms with Crippen molar-refractivity contribution in [3.63, 3.8) is 0 Å². The fourth-order valence-corrected chi connectivity index (χ4v) is 1.45. The first-order valence-electron chi connectivity index (χ1n) is 6.07. The maximum atomic E-state index is 11.6. The summed E-state index contributed by atoms with van der Waals surface area (Å²) in [6.07, 6.45) is 1.91. The van der Waals surface area contributed by atoms with Gasteiger partial charge in [0.1, 0.15) is 0 Å². The van der Waals surface area contributed by atoms with E-state index in [-0.39, 0.29) is 18.5 Å². The van der Waals surface area contributed by atoms with Crippen molar-refractivity contribution in [2.45, 2.75) is 32.6 Å². The minimum atomic E-state index is -0.276. The Morgan fingerprint density at radius 2 is 2.00 bits per heavy atom. The van der Waals surface area contributed by atoms with Crippen LogP contribution in [0.5, 0.6) is 0 Å². The van der Waals surface area contributed by atoms with Crippen LogP contribution in [0.2, 0.25) is 0 Å². The third kappa shape index (κ3) is 4.19. The van der Waals surface area contributed by atoms with Gasteiger partial charge in [0.05, 0.1) is 12.2 Å². The first-order chi connectivity index (χ1) is 8.19. The number of hydrogen-bond acceptors (Lipinski definition) is 3. The van der Waals surface area contributed by atoms with Gasteiger partial charge in [0.15, 0.2) is 0 Å². The quantitative estimate of drug-likeness (QED) is 0.610. The highest BCUT2D eigenvalue weighted by atomic mass is 16.5. The Kier molecular flexibility index (Phi) is 5.70. The van der Waals surface area contributed by atoms with E-state index in [1.807, 2.05) is 19.1 Å². The van der Waals surface area contributed by atoms with Crippen LogP contribution < -0.4 is 0 Å². The normalized spacial score (nSPS) is 12.2. The average Bonchev–Trinajstić information content (AvgIpc) is 2.38. The van der Waals surface area contributed by atoms with Crippen molar-refractivity contribution in [2.24, 2.45) is 0 Å². The second-order valence-electron chi connectivity index (χ2n) is 4.20. The number of rotatable bonds is 6. The molecule has 94 valence electrons. The number of unbranched alkanes of at least 4 members (excludes halogenated alkanes) is 1. The van der Waals surface area contributed by atoms with Crippen LogP contribution in [0.4, 0.5) is 0 Å². The molecule has 0 aliphatic rings. The zero-order valence-corrected chi connectivity index (χ0v) is 10.5. The van der Waals surface area contributed by atoms with Crippen molar-refractivity contribution in [1.82, 2.24) is 0 Å². The summed E-state index contributed by atoms with van der Waals surface area (Å²) >= 11 is 0. The molecular weight excluding hydrogens is 216 g/mol. The topological polar surface area (TPSA) is 46.5 Å². The van der Waals surface area contributed by atoms with Crippen LogP contribution >= 0.6 is 0 Å². The van der Waals surface area contributed by atoms with Gasteiger partial charge < -0.3 is 9.84 Å². The van der Waals surface area contributed by atoms with Gasteiger partial charge in [0, 0.05) is 12.5 Å². The van der Waals surface area contributed by atoms with E-state index >= 15 is 0 Å². The highest BCUT2D eigenvalue weighted by molar-refractivity contribution is 5.89. The molecule has 3 nitrogen and oxygen atoms in total. The standard InChI is InChI=1S/C14H20O3/c1-3-4-9-17-14(16)13-7-5-12(6-8-13)11(2)10-15/h5-8,11,15H,3-4,9-10H2,1-2H3. The van der Waals surface area contributed by atoms with Crippen LogP contribution in [-0.4, -0.2) is 24.3 Å². The molecule has 0 radical (unpaired) electrons. The van der Waals surface area contributed by atoms with Crippen molar-refractivity contribution < 1.29 is 14.6 Å². The lowest BCUT2D eigenvalue weighted by atomic mass is 10.0. The highest BCUT2D eigenvalue weighted by Gasteiger charge is 2.08. The Morgan fingerprint density at radius 3 is 2.53 bits per heavy atom. The molecule has 1 aromatic carbocycles. The van der Waals surface area contributed by atoms with E-state index < -0.39 is 0 Å². The van der Waals surface area contributed by atoms with E-state index in [1.165, 1.54) is 0 Å². The Morgan fingerprint density at radius 1 is 1.35 bits per heavy atom. The van der Waals surface area contributed by atoms with Crippen LogP contribution in [0.1, 0.15) is 48.5 Å². The van der Waals surface area contributed by atoms with Gasteiger partial charge in [-0.25, -0.2) is 4.79 Å². The second-order valence-corrected chi connectivity index (χ2v) is 4.20. The third-order valence-corrected chi connectivity index (χ3v) is 2.72. The van der Waals surface area contributed by atoms with E-state index in [1.54, 1.807) is 12.1 Å². The summed E-state index contributed by atoms with van der Waals surface area (Å²) in [5.41, 5.74) is 1.59. The molecule has 0 fully saturated rings. The number of esters is 1. The lowest BCUT2D eigenvalue weighted by molar-refractivity contribution is 0.0499. The fourth-order valence-electron chi connectivity index (χ4n) is 1.45. The Balaban J connectivity index is 2.58. The first-order valence-corrected chi connectivity index (χ1v) is 6.07. The average molecular weight is 236 g/mol. The molecule has 0 aliphatic carbocycles. The number of ether oxygens (including phenoxy) is 1.